The van der Waals surface area contributed by atoms with Gasteiger partial charge in [0.15, 0.2) is 0 Å². The molecule has 0 aliphatic carbocycles. The topological polar surface area (TPSA) is 89.7 Å². The van der Waals surface area contributed by atoms with Gasteiger partial charge in [-0.25, -0.2) is 8.42 Å². The predicted molar refractivity (Wildman–Crippen MR) is 79.2 cm³/mol. The molecule has 7 heteroatoms. The summed E-state index contributed by atoms with van der Waals surface area (Å²) in [6, 6.07) is 3.54. The molecule has 116 valence electrons. The van der Waals surface area contributed by atoms with Gasteiger partial charge in [-0.3, -0.25) is 4.79 Å². The molecule has 6 nitrogen and oxygen atoms in total. The van der Waals surface area contributed by atoms with E-state index in [9.17, 15) is 13.2 Å². The molecule has 0 radical (unpaired) electrons. The van der Waals surface area contributed by atoms with Crippen molar-refractivity contribution in [3.8, 4) is 0 Å². The molecule has 1 aromatic carbocycles. The molecule has 1 unspecified atom stereocenters. The molecule has 2 N–H and O–H groups in total. The molecule has 1 aliphatic rings. The monoisotopic (exact) mass is 312 g/mol. The average molecular weight is 312 g/mol. The summed E-state index contributed by atoms with van der Waals surface area (Å²) in [4.78, 5) is 11.7. The molecule has 0 aromatic heterocycles. The van der Waals surface area contributed by atoms with Crippen LogP contribution < -0.4 is 5.73 Å². The number of nitrogen functional groups attached to an aromatic ring is 1. The minimum absolute atomic E-state index is 0.141. The highest BCUT2D eigenvalue weighted by atomic mass is 32.2. The first-order valence-corrected chi connectivity index (χ1v) is 8.16. The van der Waals surface area contributed by atoms with Crippen molar-refractivity contribution in [1.29, 1.82) is 0 Å². The van der Waals surface area contributed by atoms with Crippen molar-refractivity contribution in [3.05, 3.63) is 23.3 Å². The quantitative estimate of drug-likeness (QED) is 0.666. The lowest BCUT2D eigenvalue weighted by molar-refractivity contribution is -0.144. The fourth-order valence-corrected chi connectivity index (χ4v) is 4.48. The van der Waals surface area contributed by atoms with E-state index in [1.807, 2.05) is 0 Å². The summed E-state index contributed by atoms with van der Waals surface area (Å²) in [6.07, 6.45) is 0.469. The number of hydrogen-bond acceptors (Lipinski definition) is 5. The Morgan fingerprint density at radius 3 is 2.57 bits per heavy atom. The normalized spacial score (nSPS) is 19.7. The van der Waals surface area contributed by atoms with Gasteiger partial charge in [-0.15, -0.1) is 0 Å². The molecule has 0 amide bonds. The molecule has 21 heavy (non-hydrogen) atoms. The number of rotatable bonds is 3. The Morgan fingerprint density at radius 2 is 1.95 bits per heavy atom. The van der Waals surface area contributed by atoms with Crippen LogP contribution in [0.25, 0.3) is 0 Å². The van der Waals surface area contributed by atoms with E-state index in [4.69, 9.17) is 5.73 Å². The van der Waals surface area contributed by atoms with Gasteiger partial charge in [0.1, 0.15) is 4.90 Å². The number of benzene rings is 1. The van der Waals surface area contributed by atoms with Gasteiger partial charge in [0.25, 0.3) is 0 Å². The second-order valence-electron chi connectivity index (χ2n) is 5.31. The first-order valence-electron chi connectivity index (χ1n) is 6.72. The van der Waals surface area contributed by atoms with Gasteiger partial charge >= 0.3 is 5.97 Å². The van der Waals surface area contributed by atoms with Crippen molar-refractivity contribution in [2.45, 2.75) is 25.2 Å². The van der Waals surface area contributed by atoms with Crippen molar-refractivity contribution in [3.63, 3.8) is 0 Å². The summed E-state index contributed by atoms with van der Waals surface area (Å²) in [7, 11) is -2.39. The van der Waals surface area contributed by atoms with Gasteiger partial charge in [-0.2, -0.15) is 4.31 Å². The van der Waals surface area contributed by atoms with E-state index < -0.39 is 15.9 Å². The molecule has 1 atom stereocenters. The van der Waals surface area contributed by atoms with Crippen molar-refractivity contribution < 1.29 is 17.9 Å². The number of carbonyl (C=O) groups is 1. The van der Waals surface area contributed by atoms with Crippen LogP contribution in [0.2, 0.25) is 0 Å². The second-order valence-corrected chi connectivity index (χ2v) is 7.19. The molecule has 0 bridgehead atoms. The number of methoxy groups -OCH3 is 1. The molecular formula is C14H20N2O4S. The average Bonchev–Trinajstić information content (AvgIpc) is 2.93. The van der Waals surface area contributed by atoms with Gasteiger partial charge in [-0.1, -0.05) is 12.1 Å². The molecule has 1 heterocycles. The van der Waals surface area contributed by atoms with Crippen LogP contribution in [0.5, 0.6) is 0 Å². The van der Waals surface area contributed by atoms with Crippen LogP contribution in [-0.2, 0) is 19.6 Å². The number of carbonyl (C=O) groups excluding carboxylic acids is 1. The molecule has 1 fully saturated rings. The van der Waals surface area contributed by atoms with Crippen molar-refractivity contribution in [2.75, 3.05) is 25.9 Å². The Hall–Kier alpha value is -1.60. The number of hydrogen-bond donors (Lipinski definition) is 1. The number of esters is 1. The molecule has 1 saturated heterocycles. The fraction of sp³-hybridized carbons (Fsp3) is 0.500. The molecule has 1 aromatic rings. The summed E-state index contributed by atoms with van der Waals surface area (Å²) in [5, 5.41) is 0. The van der Waals surface area contributed by atoms with E-state index in [2.05, 4.69) is 4.74 Å². The van der Waals surface area contributed by atoms with Crippen LogP contribution in [0.4, 0.5) is 5.69 Å². The Bertz CT molecular complexity index is 670. The van der Waals surface area contributed by atoms with Crippen molar-refractivity contribution in [1.82, 2.24) is 4.31 Å². The van der Waals surface area contributed by atoms with Gasteiger partial charge in [0, 0.05) is 13.1 Å². The zero-order valence-corrected chi connectivity index (χ0v) is 13.2. The van der Waals surface area contributed by atoms with E-state index >= 15 is 0 Å². The summed E-state index contributed by atoms with van der Waals surface area (Å²) in [6.45, 7) is 3.93. The van der Waals surface area contributed by atoms with Crippen LogP contribution in [0.1, 0.15) is 17.5 Å². The van der Waals surface area contributed by atoms with Gasteiger partial charge < -0.3 is 10.5 Å². The first kappa shape index (κ1) is 15.8. The van der Waals surface area contributed by atoms with E-state index in [0.717, 1.165) is 5.56 Å². The van der Waals surface area contributed by atoms with Crippen molar-refractivity contribution in [2.24, 2.45) is 5.92 Å². The third-order valence-corrected chi connectivity index (χ3v) is 5.96. The molecular weight excluding hydrogens is 292 g/mol. The smallest absolute Gasteiger partial charge is 0.310 e. The molecule has 2 rings (SSSR count). The lowest BCUT2D eigenvalue weighted by atomic mass is 10.1. The number of aryl methyl sites for hydroxylation is 2. The van der Waals surface area contributed by atoms with E-state index in [0.29, 0.717) is 18.5 Å². The Kier molecular flexibility index (Phi) is 4.25. The number of anilines is 1. The minimum Gasteiger partial charge on any atom is -0.469 e. The van der Waals surface area contributed by atoms with Gasteiger partial charge in [0.05, 0.1) is 18.7 Å². The van der Waals surface area contributed by atoms with Crippen LogP contribution in [-0.4, -0.2) is 38.9 Å². The largest absolute Gasteiger partial charge is 0.469 e. The SMILES string of the molecule is COC(=O)C1CCN(S(=O)(=O)c2c(C)ccc(C)c2N)C1. The van der Waals surface area contributed by atoms with Crippen LogP contribution >= 0.6 is 0 Å². The summed E-state index contributed by atoms with van der Waals surface area (Å²) in [5.74, 6) is -0.780. The number of sulfonamides is 1. The zero-order chi connectivity index (χ0) is 15.8. The van der Waals surface area contributed by atoms with Gasteiger partial charge in [0.2, 0.25) is 10.0 Å². The highest BCUT2D eigenvalue weighted by Gasteiger charge is 2.37. The lowest BCUT2D eigenvalue weighted by Crippen LogP contribution is -2.31. The lowest BCUT2D eigenvalue weighted by Gasteiger charge is -2.20. The summed E-state index contributed by atoms with van der Waals surface area (Å²) < 4.78 is 31.6. The van der Waals surface area contributed by atoms with Gasteiger partial charge in [-0.05, 0) is 31.4 Å². The van der Waals surface area contributed by atoms with Crippen LogP contribution in [0.15, 0.2) is 17.0 Å². The Labute approximate surface area is 124 Å². The maximum Gasteiger partial charge on any atom is 0.310 e. The molecule has 0 saturated carbocycles. The summed E-state index contributed by atoms with van der Waals surface area (Å²) in [5.41, 5.74) is 7.57. The number of nitrogens with two attached hydrogens (primary N) is 1. The maximum atomic E-state index is 12.8. The maximum absolute atomic E-state index is 12.8. The predicted octanol–water partition coefficient (Wildman–Crippen LogP) is 1.07. The van der Waals surface area contributed by atoms with E-state index in [1.54, 1.807) is 26.0 Å². The fourth-order valence-electron chi connectivity index (χ4n) is 2.58. The number of ether oxygens (including phenoxy) is 1. The third kappa shape index (κ3) is 2.75. The Balaban J connectivity index is 2.37. The zero-order valence-electron chi connectivity index (χ0n) is 12.4. The van der Waals surface area contributed by atoms with Crippen LogP contribution in [0, 0.1) is 19.8 Å². The Morgan fingerprint density at radius 1 is 1.33 bits per heavy atom. The second kappa shape index (κ2) is 5.65. The summed E-state index contributed by atoms with van der Waals surface area (Å²) >= 11 is 0. The minimum atomic E-state index is -3.70. The standard InChI is InChI=1S/C14H20N2O4S/c1-9-4-5-10(2)13(12(9)15)21(18,19)16-7-6-11(8-16)14(17)20-3/h4-5,11H,6-8,15H2,1-3H3. The van der Waals surface area contributed by atoms with E-state index in [1.165, 1.54) is 11.4 Å². The molecule has 1 aliphatic heterocycles. The number of nitrogens with zero attached hydrogens (tertiary/aromatic N) is 1. The van der Waals surface area contributed by atoms with Crippen LogP contribution in [0.3, 0.4) is 0 Å². The molecule has 0 spiro atoms. The van der Waals surface area contributed by atoms with E-state index in [-0.39, 0.29) is 23.1 Å². The van der Waals surface area contributed by atoms with Crippen molar-refractivity contribution >= 4 is 21.7 Å². The highest BCUT2D eigenvalue weighted by Crippen LogP contribution is 2.31. The highest BCUT2D eigenvalue weighted by molar-refractivity contribution is 7.89. The first-order chi connectivity index (χ1) is 9.78. The third-order valence-electron chi connectivity index (χ3n) is 3.89.